The second-order valence-electron chi connectivity index (χ2n) is 5.47. The lowest BCUT2D eigenvalue weighted by atomic mass is 10.0. The van der Waals surface area contributed by atoms with Crippen molar-refractivity contribution >= 4 is 24.8 Å². The van der Waals surface area contributed by atoms with E-state index in [0.29, 0.717) is 24.3 Å². The first kappa shape index (κ1) is 22.7. The van der Waals surface area contributed by atoms with Crippen molar-refractivity contribution in [3.05, 3.63) is 0 Å². The van der Waals surface area contributed by atoms with Gasteiger partial charge in [0.15, 0.2) is 0 Å². The van der Waals surface area contributed by atoms with Gasteiger partial charge in [-0.15, -0.1) is 24.8 Å². The van der Waals surface area contributed by atoms with Crippen molar-refractivity contribution < 1.29 is 9.47 Å². The van der Waals surface area contributed by atoms with E-state index in [1.165, 1.54) is 12.8 Å². The molecule has 4 atom stereocenters. The number of rotatable bonds is 2. The van der Waals surface area contributed by atoms with Crippen molar-refractivity contribution in [1.29, 1.82) is 0 Å². The van der Waals surface area contributed by atoms with E-state index in [1.807, 2.05) is 0 Å². The summed E-state index contributed by atoms with van der Waals surface area (Å²) in [6, 6.07) is 1.28. The first-order valence-electron chi connectivity index (χ1n) is 7.18. The lowest BCUT2D eigenvalue weighted by molar-refractivity contribution is 0.0645. The Hall–Kier alpha value is 0.420. The fourth-order valence-corrected chi connectivity index (χ4v) is 2.60. The SMILES string of the molecule is CO[C@@H]1CCN[C@@H](C)C1.CO[C@H]1CCN[C@H](C)C1.Cl.Cl. The minimum Gasteiger partial charge on any atom is -0.381 e. The Kier molecular flexibility index (Phi) is 14.9. The molecule has 0 aromatic heterocycles. The maximum atomic E-state index is 5.22. The maximum absolute atomic E-state index is 5.22. The molecule has 2 fully saturated rings. The second-order valence-corrected chi connectivity index (χ2v) is 5.47. The lowest BCUT2D eigenvalue weighted by Crippen LogP contribution is -2.38. The Morgan fingerprint density at radius 2 is 1.10 bits per heavy atom. The van der Waals surface area contributed by atoms with E-state index in [4.69, 9.17) is 9.47 Å². The molecule has 2 aliphatic rings. The van der Waals surface area contributed by atoms with Gasteiger partial charge in [0.2, 0.25) is 0 Å². The molecule has 4 nitrogen and oxygen atoms in total. The van der Waals surface area contributed by atoms with Crippen LogP contribution >= 0.6 is 24.8 Å². The van der Waals surface area contributed by atoms with Crippen LogP contribution in [0.1, 0.15) is 39.5 Å². The average molecular weight is 331 g/mol. The zero-order chi connectivity index (χ0) is 13.4. The summed E-state index contributed by atoms with van der Waals surface area (Å²) < 4.78 is 10.4. The molecule has 2 heterocycles. The van der Waals surface area contributed by atoms with Crippen LogP contribution in [0.2, 0.25) is 0 Å². The Balaban J connectivity index is 0. The molecule has 2 rings (SSSR count). The molecule has 0 saturated carbocycles. The van der Waals surface area contributed by atoms with Crippen LogP contribution in [0.25, 0.3) is 0 Å². The molecule has 2 aliphatic heterocycles. The summed E-state index contributed by atoms with van der Waals surface area (Å²) in [5.74, 6) is 0. The highest BCUT2D eigenvalue weighted by Gasteiger charge is 2.17. The van der Waals surface area contributed by atoms with E-state index >= 15 is 0 Å². The smallest absolute Gasteiger partial charge is 0.0598 e. The fourth-order valence-electron chi connectivity index (χ4n) is 2.60. The van der Waals surface area contributed by atoms with Crippen molar-refractivity contribution in [1.82, 2.24) is 10.6 Å². The molecule has 2 N–H and O–H groups in total. The molecule has 0 aromatic carbocycles. The maximum Gasteiger partial charge on any atom is 0.0598 e. The lowest BCUT2D eigenvalue weighted by Gasteiger charge is -2.26. The van der Waals surface area contributed by atoms with E-state index < -0.39 is 0 Å². The summed E-state index contributed by atoms with van der Waals surface area (Å²) >= 11 is 0. The van der Waals surface area contributed by atoms with Gasteiger partial charge in [0.05, 0.1) is 12.2 Å². The first-order valence-corrected chi connectivity index (χ1v) is 7.18. The van der Waals surface area contributed by atoms with Crippen LogP contribution in [0.4, 0.5) is 0 Å². The largest absolute Gasteiger partial charge is 0.381 e. The highest BCUT2D eigenvalue weighted by molar-refractivity contribution is 5.85. The summed E-state index contributed by atoms with van der Waals surface area (Å²) in [5.41, 5.74) is 0. The molecule has 0 unspecified atom stereocenters. The number of hydrogen-bond donors (Lipinski definition) is 2. The Morgan fingerprint density at radius 3 is 1.30 bits per heavy atom. The van der Waals surface area contributed by atoms with Gasteiger partial charge in [0.25, 0.3) is 0 Å². The molecule has 6 heteroatoms. The van der Waals surface area contributed by atoms with Crippen molar-refractivity contribution in [2.75, 3.05) is 27.3 Å². The number of halogens is 2. The molecule has 0 aliphatic carbocycles. The summed E-state index contributed by atoms with van der Waals surface area (Å²) in [6.45, 7) is 6.62. The van der Waals surface area contributed by atoms with Crippen LogP contribution in [0.3, 0.4) is 0 Å². The summed E-state index contributed by atoms with van der Waals surface area (Å²) in [4.78, 5) is 0. The van der Waals surface area contributed by atoms with Crippen molar-refractivity contribution in [2.45, 2.75) is 63.8 Å². The Bertz CT molecular complexity index is 201. The highest BCUT2D eigenvalue weighted by Crippen LogP contribution is 2.10. The van der Waals surface area contributed by atoms with E-state index in [1.54, 1.807) is 14.2 Å². The van der Waals surface area contributed by atoms with Crippen molar-refractivity contribution in [3.63, 3.8) is 0 Å². The highest BCUT2D eigenvalue weighted by atomic mass is 35.5. The zero-order valence-corrected chi connectivity index (χ0v) is 14.8. The number of hydrogen-bond acceptors (Lipinski definition) is 4. The predicted molar refractivity (Wildman–Crippen MR) is 89.5 cm³/mol. The van der Waals surface area contributed by atoms with Crippen LogP contribution in [-0.4, -0.2) is 51.6 Å². The van der Waals surface area contributed by atoms with Gasteiger partial charge in [-0.25, -0.2) is 0 Å². The minimum atomic E-state index is 0. The number of nitrogens with one attached hydrogen (secondary N) is 2. The molecule has 0 aromatic rings. The summed E-state index contributed by atoms with van der Waals surface area (Å²) in [7, 11) is 3.59. The Morgan fingerprint density at radius 1 is 0.750 bits per heavy atom. The number of piperidine rings is 2. The van der Waals surface area contributed by atoms with Gasteiger partial charge in [-0.1, -0.05) is 0 Å². The second kappa shape index (κ2) is 13.1. The van der Waals surface area contributed by atoms with E-state index in [2.05, 4.69) is 24.5 Å². The van der Waals surface area contributed by atoms with E-state index in [-0.39, 0.29) is 24.8 Å². The van der Waals surface area contributed by atoms with Crippen LogP contribution in [0.15, 0.2) is 0 Å². The average Bonchev–Trinajstić information content (AvgIpc) is 2.39. The molecule has 0 amide bonds. The number of methoxy groups -OCH3 is 2. The van der Waals surface area contributed by atoms with Gasteiger partial charge >= 0.3 is 0 Å². The molecule has 2 saturated heterocycles. The molecule has 0 spiro atoms. The van der Waals surface area contributed by atoms with E-state index in [0.717, 1.165) is 25.9 Å². The van der Waals surface area contributed by atoms with Gasteiger partial charge in [-0.3, -0.25) is 0 Å². The molecule has 0 radical (unpaired) electrons. The molecule has 0 bridgehead atoms. The topological polar surface area (TPSA) is 42.5 Å². The third kappa shape index (κ3) is 9.37. The van der Waals surface area contributed by atoms with Crippen LogP contribution in [0.5, 0.6) is 0 Å². The third-order valence-electron chi connectivity index (χ3n) is 3.82. The summed E-state index contributed by atoms with van der Waals surface area (Å²) in [6.07, 6.45) is 5.66. The fraction of sp³-hybridized carbons (Fsp3) is 1.00. The quantitative estimate of drug-likeness (QED) is 0.815. The molecular weight excluding hydrogens is 299 g/mol. The monoisotopic (exact) mass is 330 g/mol. The Labute approximate surface area is 136 Å². The molecular formula is C14H32Cl2N2O2. The van der Waals surface area contributed by atoms with Crippen LogP contribution in [-0.2, 0) is 9.47 Å². The van der Waals surface area contributed by atoms with Crippen LogP contribution < -0.4 is 10.6 Å². The minimum absolute atomic E-state index is 0. The van der Waals surface area contributed by atoms with Crippen molar-refractivity contribution in [3.8, 4) is 0 Å². The summed E-state index contributed by atoms with van der Waals surface area (Å²) in [5, 5.41) is 6.73. The normalized spacial score (nSPS) is 33.0. The van der Waals surface area contributed by atoms with E-state index in [9.17, 15) is 0 Å². The first-order chi connectivity index (χ1) is 8.65. The standard InChI is InChI=1S/2C7H15NO.2ClH/c2*1-6-5-7(9-2)3-4-8-6;;/h2*6-8H,3-5H2,1-2H3;2*1H/t2*6-,7+;;/m10../s1. The molecule has 124 valence electrons. The van der Waals surface area contributed by atoms with Gasteiger partial charge in [0, 0.05) is 26.3 Å². The molecule has 20 heavy (non-hydrogen) atoms. The van der Waals surface area contributed by atoms with Gasteiger partial charge < -0.3 is 20.1 Å². The van der Waals surface area contributed by atoms with Crippen LogP contribution in [0, 0.1) is 0 Å². The van der Waals surface area contributed by atoms with Gasteiger partial charge in [0.1, 0.15) is 0 Å². The van der Waals surface area contributed by atoms with Gasteiger partial charge in [-0.2, -0.15) is 0 Å². The predicted octanol–water partition coefficient (Wildman–Crippen LogP) is 2.39. The third-order valence-corrected chi connectivity index (χ3v) is 3.82. The zero-order valence-electron chi connectivity index (χ0n) is 13.2. The van der Waals surface area contributed by atoms with Gasteiger partial charge in [-0.05, 0) is 52.6 Å². The number of ether oxygens (including phenoxy) is 2. The van der Waals surface area contributed by atoms with Crippen molar-refractivity contribution in [2.24, 2.45) is 0 Å².